The maximum absolute atomic E-state index is 12.3. The number of rotatable bonds is 6. The van der Waals surface area contributed by atoms with E-state index in [0.717, 1.165) is 9.80 Å². The van der Waals surface area contributed by atoms with Crippen LogP contribution < -0.4 is 5.73 Å². The second-order valence-corrected chi connectivity index (χ2v) is 6.02. The molecular weight excluding hydrogens is 396 g/mol. The van der Waals surface area contributed by atoms with Gasteiger partial charge in [0.05, 0.1) is 31.8 Å². The van der Waals surface area contributed by atoms with Crippen molar-refractivity contribution in [2.75, 3.05) is 26.8 Å². The van der Waals surface area contributed by atoms with Crippen molar-refractivity contribution in [3.8, 4) is 0 Å². The number of nitrogens with two attached hydrogens (primary N) is 1. The van der Waals surface area contributed by atoms with Gasteiger partial charge in [-0.1, -0.05) is 0 Å². The minimum absolute atomic E-state index is 0.335. The molecule has 1 rings (SSSR count). The topological polar surface area (TPSA) is 249 Å². The molecule has 1 saturated heterocycles. The van der Waals surface area contributed by atoms with Gasteiger partial charge in [-0.15, -0.1) is 0 Å². The lowest BCUT2D eigenvalue weighted by molar-refractivity contribution is -0.187. The third-order valence-corrected chi connectivity index (χ3v) is 4.02. The summed E-state index contributed by atoms with van der Waals surface area (Å²) in [7, 11) is 1.40. The van der Waals surface area contributed by atoms with E-state index in [1.165, 1.54) is 7.05 Å². The minimum Gasteiger partial charge on any atom is -0.478 e. The number of carboxylic acid groups (broad SMARTS) is 2. The number of aliphatic carboxylic acids is 2. The minimum atomic E-state index is -1.59. The summed E-state index contributed by atoms with van der Waals surface area (Å²) < 4.78 is 0. The van der Waals surface area contributed by atoms with Crippen LogP contribution in [-0.2, 0) is 14.4 Å². The first-order chi connectivity index (χ1) is 13.4. The predicted molar refractivity (Wildman–Crippen MR) is 95.6 cm³/mol. The van der Waals surface area contributed by atoms with Gasteiger partial charge in [-0.05, 0) is 0 Å². The van der Waals surface area contributed by atoms with Crippen molar-refractivity contribution in [1.29, 1.82) is 5.41 Å². The lowest BCUT2D eigenvalue weighted by atomic mass is 9.88. The maximum Gasteiger partial charge on any atom is 0.328 e. The van der Waals surface area contributed by atoms with Gasteiger partial charge < -0.3 is 51.3 Å². The van der Waals surface area contributed by atoms with Crippen LogP contribution in [0.2, 0.25) is 0 Å². The van der Waals surface area contributed by atoms with Crippen LogP contribution in [-0.4, -0.2) is 127 Å². The van der Waals surface area contributed by atoms with Crippen molar-refractivity contribution in [1.82, 2.24) is 9.80 Å². The van der Waals surface area contributed by atoms with Crippen molar-refractivity contribution in [2.45, 2.75) is 30.4 Å². The quantitative estimate of drug-likeness (QED) is 0.111. The molecule has 0 aromatic rings. The van der Waals surface area contributed by atoms with Gasteiger partial charge in [0.2, 0.25) is 5.91 Å². The standard InChI is InChI=1S/C11H22N4O6.C4H4O4/c1-14(11(12)13)2-7(18)15-5(3-16)8(19)10(21)9(20)6(15)4-17;5-3(6)1-2-4(7)8/h5-6,8-10,16-17,19-21H,2-4H2,1H3,(H3,12,13);1-2H,(H,5,6)(H,7,8)/b;2-1+/t5-,6-,8-,9-;/m1./s1. The molecule has 0 aromatic heterocycles. The number of hydrogen-bond donors (Lipinski definition) is 9. The van der Waals surface area contributed by atoms with Gasteiger partial charge >= 0.3 is 11.9 Å². The molecule has 0 aliphatic carbocycles. The number of nitrogens with one attached hydrogen (secondary N) is 1. The summed E-state index contributed by atoms with van der Waals surface area (Å²) in [5.41, 5.74) is 5.23. The molecule has 4 atom stereocenters. The zero-order chi connectivity index (χ0) is 22.9. The molecule has 1 heterocycles. The third kappa shape index (κ3) is 7.63. The summed E-state index contributed by atoms with van der Waals surface area (Å²) >= 11 is 0. The van der Waals surface area contributed by atoms with Crippen molar-refractivity contribution >= 4 is 23.8 Å². The SMILES string of the molecule is CN(CC(=O)N1[C@H](CO)[C@@H](O)C(O)[C@H](O)[C@H]1CO)C(=N)N.O=C(O)/C=C/C(=O)O. The average molecular weight is 422 g/mol. The number of carbonyl (C=O) groups excluding carboxylic acids is 1. The molecule has 0 bridgehead atoms. The highest BCUT2D eigenvalue weighted by Gasteiger charge is 2.49. The first-order valence-electron chi connectivity index (χ1n) is 8.15. The van der Waals surface area contributed by atoms with E-state index >= 15 is 0 Å². The number of likely N-dealkylation sites (N-methyl/N-ethyl adjacent to an activating group) is 1. The van der Waals surface area contributed by atoms with Crippen LogP contribution in [0.15, 0.2) is 12.2 Å². The van der Waals surface area contributed by atoms with Crippen LogP contribution in [0.4, 0.5) is 0 Å². The van der Waals surface area contributed by atoms with Crippen LogP contribution in [0.5, 0.6) is 0 Å². The highest BCUT2D eigenvalue weighted by atomic mass is 16.4. The number of carboxylic acids is 2. The van der Waals surface area contributed by atoms with E-state index in [0.29, 0.717) is 12.2 Å². The Morgan fingerprint density at radius 1 is 0.966 bits per heavy atom. The Bertz CT molecular complexity index is 594. The Morgan fingerprint density at radius 3 is 1.62 bits per heavy atom. The number of aliphatic hydroxyl groups is 5. The third-order valence-electron chi connectivity index (χ3n) is 4.02. The van der Waals surface area contributed by atoms with Crippen molar-refractivity contribution < 1.29 is 50.1 Å². The summed E-state index contributed by atoms with van der Waals surface area (Å²) in [4.78, 5) is 33.4. The second-order valence-electron chi connectivity index (χ2n) is 6.02. The van der Waals surface area contributed by atoms with Crippen LogP contribution in [0.3, 0.4) is 0 Å². The monoisotopic (exact) mass is 422 g/mol. The Kier molecular flexibility index (Phi) is 10.8. The molecule has 166 valence electrons. The number of aliphatic hydroxyl groups excluding tert-OH is 5. The van der Waals surface area contributed by atoms with Gasteiger partial charge in [-0.3, -0.25) is 10.2 Å². The van der Waals surface area contributed by atoms with Crippen LogP contribution in [0.25, 0.3) is 0 Å². The molecule has 14 nitrogen and oxygen atoms in total. The fourth-order valence-corrected chi connectivity index (χ4v) is 2.51. The van der Waals surface area contributed by atoms with E-state index in [9.17, 15) is 39.9 Å². The average Bonchev–Trinajstić information content (AvgIpc) is 2.64. The Balaban J connectivity index is 0.000000828. The lowest BCUT2D eigenvalue weighted by Crippen LogP contribution is -2.70. The van der Waals surface area contributed by atoms with E-state index < -0.39 is 61.5 Å². The first kappa shape index (κ1) is 26.2. The highest BCUT2D eigenvalue weighted by molar-refractivity contribution is 5.89. The molecule has 0 spiro atoms. The normalized spacial score (nSPS) is 26.4. The molecular formula is C15H26N4O10. The number of likely N-dealkylation sites (tertiary alicyclic amines) is 1. The van der Waals surface area contributed by atoms with Crippen molar-refractivity contribution in [3.63, 3.8) is 0 Å². The summed E-state index contributed by atoms with van der Waals surface area (Å²) in [5, 5.41) is 70.9. The summed E-state index contributed by atoms with van der Waals surface area (Å²) in [6.45, 7) is -1.65. The zero-order valence-electron chi connectivity index (χ0n) is 15.5. The van der Waals surface area contributed by atoms with E-state index in [4.69, 9.17) is 21.4 Å². The maximum atomic E-state index is 12.3. The van der Waals surface area contributed by atoms with Gasteiger partial charge in [0.15, 0.2) is 5.96 Å². The summed E-state index contributed by atoms with van der Waals surface area (Å²) in [5.74, 6) is -3.53. The molecule has 29 heavy (non-hydrogen) atoms. The zero-order valence-corrected chi connectivity index (χ0v) is 15.5. The smallest absolute Gasteiger partial charge is 0.328 e. The molecule has 1 amide bonds. The molecule has 10 N–H and O–H groups in total. The number of guanidine groups is 1. The van der Waals surface area contributed by atoms with E-state index in [1.807, 2.05) is 0 Å². The Labute approximate surface area is 165 Å². The highest BCUT2D eigenvalue weighted by Crippen LogP contribution is 2.24. The molecule has 1 aliphatic rings. The van der Waals surface area contributed by atoms with Gasteiger partial charge in [0.25, 0.3) is 0 Å². The largest absolute Gasteiger partial charge is 0.478 e. The first-order valence-corrected chi connectivity index (χ1v) is 8.15. The van der Waals surface area contributed by atoms with Crippen molar-refractivity contribution in [3.05, 3.63) is 12.2 Å². The Hall–Kier alpha value is -2.78. The van der Waals surface area contributed by atoms with Crippen LogP contribution in [0, 0.1) is 5.41 Å². The number of piperidine rings is 1. The fourth-order valence-electron chi connectivity index (χ4n) is 2.51. The van der Waals surface area contributed by atoms with E-state index in [-0.39, 0.29) is 12.5 Å². The number of carbonyl (C=O) groups is 3. The number of hydrogen-bond acceptors (Lipinski definition) is 9. The summed E-state index contributed by atoms with van der Waals surface area (Å²) in [6.07, 6.45) is -3.59. The summed E-state index contributed by atoms with van der Waals surface area (Å²) in [6, 6.07) is -2.35. The second kappa shape index (κ2) is 11.9. The molecule has 0 radical (unpaired) electrons. The molecule has 1 aliphatic heterocycles. The van der Waals surface area contributed by atoms with Gasteiger partial charge in [-0.25, -0.2) is 9.59 Å². The lowest BCUT2D eigenvalue weighted by Gasteiger charge is -2.48. The Morgan fingerprint density at radius 2 is 1.34 bits per heavy atom. The van der Waals surface area contributed by atoms with E-state index in [2.05, 4.69) is 0 Å². The number of amides is 1. The van der Waals surface area contributed by atoms with Crippen molar-refractivity contribution in [2.24, 2.45) is 5.73 Å². The van der Waals surface area contributed by atoms with Gasteiger partial charge in [-0.2, -0.15) is 0 Å². The van der Waals surface area contributed by atoms with Crippen LogP contribution in [0.1, 0.15) is 0 Å². The van der Waals surface area contributed by atoms with Gasteiger partial charge in [0.1, 0.15) is 18.3 Å². The molecule has 0 saturated carbocycles. The van der Waals surface area contributed by atoms with E-state index in [1.54, 1.807) is 0 Å². The molecule has 1 fully saturated rings. The molecule has 0 aromatic carbocycles. The van der Waals surface area contributed by atoms with Crippen LogP contribution >= 0.6 is 0 Å². The molecule has 14 heteroatoms. The fraction of sp³-hybridized carbons (Fsp3) is 0.600. The predicted octanol–water partition coefficient (Wildman–Crippen LogP) is -4.83. The molecule has 0 unspecified atom stereocenters. The van der Waals surface area contributed by atoms with Gasteiger partial charge in [0, 0.05) is 19.2 Å². The number of nitrogens with zero attached hydrogens (tertiary/aromatic N) is 2.